The summed E-state index contributed by atoms with van der Waals surface area (Å²) >= 11 is 0. The lowest BCUT2D eigenvalue weighted by Gasteiger charge is -2.58. The zero-order valence-electron chi connectivity index (χ0n) is 23.5. The van der Waals surface area contributed by atoms with Gasteiger partial charge in [0.2, 0.25) is 0 Å². The van der Waals surface area contributed by atoms with Crippen molar-refractivity contribution in [2.75, 3.05) is 6.61 Å². The molecule has 9 atom stereocenters. The fourth-order valence-corrected chi connectivity index (χ4v) is 9.06. The molecule has 0 aromatic heterocycles. The number of carbonyl (C=O) groups excluding carboxylic acids is 4. The first-order valence-corrected chi connectivity index (χ1v) is 15.8. The predicted octanol–water partition coefficient (Wildman–Crippen LogP) is 4.91. The van der Waals surface area contributed by atoms with E-state index in [2.05, 4.69) is 13.5 Å². The molecule has 4 aliphatic rings. The first kappa shape index (κ1) is 31.8. The topological polar surface area (TPSA) is 132 Å². The summed E-state index contributed by atoms with van der Waals surface area (Å²) in [7, 11) is -5.95. The van der Waals surface area contributed by atoms with Crippen molar-refractivity contribution in [2.24, 2.45) is 46.3 Å². The molecule has 0 saturated heterocycles. The average molecular weight is 605 g/mol. The first-order chi connectivity index (χ1) is 19.0. The van der Waals surface area contributed by atoms with Gasteiger partial charge in [-0.25, -0.2) is 4.39 Å². The highest BCUT2D eigenvalue weighted by molar-refractivity contribution is 7.86. The van der Waals surface area contributed by atoms with Crippen molar-refractivity contribution < 1.29 is 50.1 Å². The minimum Gasteiger partial charge on any atom is -0.466 e. The average Bonchev–Trinajstić information content (AvgIpc) is 3.23. The van der Waals surface area contributed by atoms with Crippen molar-refractivity contribution in [1.29, 1.82) is 0 Å². The Morgan fingerprint density at radius 2 is 1.83 bits per heavy atom. The van der Waals surface area contributed by atoms with Crippen LogP contribution in [0, 0.1) is 46.3 Å². The van der Waals surface area contributed by atoms with Crippen molar-refractivity contribution in [3.63, 3.8) is 0 Å². The van der Waals surface area contributed by atoms with Gasteiger partial charge in [-0.15, -0.1) is 6.58 Å². The van der Waals surface area contributed by atoms with E-state index in [4.69, 9.17) is 9.29 Å². The second-order valence-corrected chi connectivity index (χ2v) is 14.4. The summed E-state index contributed by atoms with van der Waals surface area (Å²) in [6, 6.07) is 0. The molecule has 0 aliphatic heterocycles. The molecule has 0 amide bonds. The normalized spacial score (nSPS) is 37.0. The summed E-state index contributed by atoms with van der Waals surface area (Å²) in [4.78, 5) is 51.9. The van der Waals surface area contributed by atoms with Gasteiger partial charge in [0.15, 0.2) is 6.17 Å². The number of ether oxygens (including phenoxy) is 1. The number of Topliss-reactive ketones (excluding diaryl/α,β-unsaturated/α-hetero) is 3. The Bertz CT molecular complexity index is 1220. The van der Waals surface area contributed by atoms with E-state index in [1.165, 1.54) is 0 Å². The molecule has 8 nitrogen and oxygen atoms in total. The first-order valence-electron chi connectivity index (χ1n) is 14.3. The molecule has 4 aliphatic carbocycles. The number of hydrogen-bond acceptors (Lipinski definition) is 7. The van der Waals surface area contributed by atoms with Crippen LogP contribution in [-0.2, 0) is 34.0 Å². The molecule has 0 aromatic rings. The van der Waals surface area contributed by atoms with Crippen molar-refractivity contribution in [3.8, 4) is 0 Å². The Labute approximate surface area is 238 Å². The number of alkyl halides is 3. The summed E-state index contributed by atoms with van der Waals surface area (Å²) in [6.45, 7) is 7.17. The highest BCUT2D eigenvalue weighted by Crippen LogP contribution is 2.66. The van der Waals surface area contributed by atoms with Gasteiger partial charge in [-0.1, -0.05) is 19.9 Å². The predicted molar refractivity (Wildman–Crippen MR) is 141 cm³/mol. The summed E-state index contributed by atoms with van der Waals surface area (Å²) in [6.07, 6.45) is 0.964. The van der Waals surface area contributed by atoms with Gasteiger partial charge in [-0.2, -0.15) is 17.2 Å². The minimum absolute atomic E-state index is 0.0225. The molecule has 4 fully saturated rings. The number of esters is 1. The molecule has 0 heterocycles. The summed E-state index contributed by atoms with van der Waals surface area (Å²) in [5, 5.41) is -5.01. The van der Waals surface area contributed by atoms with Gasteiger partial charge in [-0.05, 0) is 60.7 Å². The van der Waals surface area contributed by atoms with Crippen LogP contribution in [0.15, 0.2) is 12.7 Å². The third-order valence-corrected chi connectivity index (χ3v) is 12.0. The van der Waals surface area contributed by atoms with Crippen molar-refractivity contribution >= 4 is 33.4 Å². The minimum atomic E-state index is -5.95. The van der Waals surface area contributed by atoms with Crippen molar-refractivity contribution in [2.45, 2.75) is 89.5 Å². The van der Waals surface area contributed by atoms with E-state index in [1.807, 2.05) is 6.92 Å². The lowest BCUT2D eigenvalue weighted by molar-refractivity contribution is -0.166. The van der Waals surface area contributed by atoms with Gasteiger partial charge < -0.3 is 4.74 Å². The molecule has 12 heteroatoms. The van der Waals surface area contributed by atoms with Crippen LogP contribution in [0.25, 0.3) is 0 Å². The quantitative estimate of drug-likeness (QED) is 0.212. The molecule has 4 saturated carbocycles. The van der Waals surface area contributed by atoms with Crippen LogP contribution in [0.5, 0.6) is 0 Å². The zero-order valence-corrected chi connectivity index (χ0v) is 24.3. The fraction of sp³-hybridized carbons (Fsp3) is 0.793. The van der Waals surface area contributed by atoms with Crippen LogP contribution in [0.3, 0.4) is 0 Å². The van der Waals surface area contributed by atoms with Gasteiger partial charge in [-0.3, -0.25) is 23.7 Å². The van der Waals surface area contributed by atoms with Crippen molar-refractivity contribution in [1.82, 2.24) is 0 Å². The third-order valence-electron chi connectivity index (χ3n) is 11.1. The van der Waals surface area contributed by atoms with E-state index in [9.17, 15) is 40.8 Å². The summed E-state index contributed by atoms with van der Waals surface area (Å²) in [5.74, 6) is -1.32. The highest BCUT2D eigenvalue weighted by atomic mass is 32.2. The number of hydrogen-bond donors (Lipinski definition) is 1. The zero-order chi connectivity index (χ0) is 30.5. The van der Waals surface area contributed by atoms with Crippen LogP contribution < -0.4 is 0 Å². The molecular weight excluding hydrogens is 565 g/mol. The number of halogens is 3. The molecular formula is C29H39F3O8S. The summed E-state index contributed by atoms with van der Waals surface area (Å²) in [5.41, 5.74) is -1.01. The molecule has 41 heavy (non-hydrogen) atoms. The second-order valence-electron chi connectivity index (χ2n) is 12.9. The van der Waals surface area contributed by atoms with Crippen LogP contribution in [-0.4, -0.2) is 54.3 Å². The number of carbonyl (C=O) groups is 4. The second kappa shape index (κ2) is 11.2. The van der Waals surface area contributed by atoms with Crippen molar-refractivity contribution in [3.05, 3.63) is 12.7 Å². The van der Waals surface area contributed by atoms with E-state index >= 15 is 0 Å². The van der Waals surface area contributed by atoms with Crippen LogP contribution in [0.4, 0.5) is 13.2 Å². The monoisotopic (exact) mass is 604 g/mol. The largest absolute Gasteiger partial charge is 0.466 e. The Hall–Kier alpha value is -2.08. The van der Waals surface area contributed by atoms with Crippen LogP contribution >= 0.6 is 0 Å². The Balaban J connectivity index is 1.40. The molecule has 0 radical (unpaired) electrons. The Kier molecular flexibility index (Phi) is 8.70. The fourth-order valence-electron chi connectivity index (χ4n) is 8.62. The van der Waals surface area contributed by atoms with E-state index in [0.717, 1.165) is 0 Å². The maximum absolute atomic E-state index is 13.9. The smallest absolute Gasteiger partial charge is 0.400 e. The van der Waals surface area contributed by atoms with E-state index < -0.39 is 46.0 Å². The van der Waals surface area contributed by atoms with Gasteiger partial charge in [0.25, 0.3) is 0 Å². The highest BCUT2D eigenvalue weighted by Gasteiger charge is 2.66. The van der Waals surface area contributed by atoms with Gasteiger partial charge in [0.1, 0.15) is 17.3 Å². The van der Waals surface area contributed by atoms with Gasteiger partial charge in [0, 0.05) is 49.9 Å². The number of allylic oxidation sites excluding steroid dienone is 1. The molecule has 6 unspecified atom stereocenters. The molecule has 230 valence electrons. The third kappa shape index (κ3) is 5.43. The molecule has 4 rings (SSSR count). The standard InChI is InChI=1S/C29H39F3O8S/c1-4-16(5-8-25(36)40-12-10-23(30)29(31,32)41(37,38)39)19-6-7-20-26-21(15-24(35)28(19,20)3)27(2)11-9-18(33)13-17(27)14-22(26)34/h4,16-17,19-21,23,26H,1,5-15H2,2-3H3,(H,37,38,39)/t16-,17?,19?,20?,21?,23?,26?,27+,28-/m1/s1. The Morgan fingerprint density at radius 1 is 1.15 bits per heavy atom. The molecule has 0 aromatic carbocycles. The Morgan fingerprint density at radius 3 is 2.46 bits per heavy atom. The SMILES string of the molecule is C=C[C@H](CCC(=O)OCCC(F)C(F)(F)S(=O)(=O)O)C1CCC2C3C(=O)CC4CC(=O)CC[C@]4(C)C3CC(=O)[C@@]21C. The maximum Gasteiger partial charge on any atom is 0.400 e. The van der Waals surface area contributed by atoms with Crippen LogP contribution in [0.1, 0.15) is 78.1 Å². The lowest BCUT2D eigenvalue weighted by Crippen LogP contribution is -2.60. The summed E-state index contributed by atoms with van der Waals surface area (Å²) < 4.78 is 75.0. The molecule has 1 N–H and O–H groups in total. The number of fused-ring (bicyclic) bond motifs is 5. The lowest BCUT2D eigenvalue weighted by atomic mass is 9.44. The van der Waals surface area contributed by atoms with E-state index in [0.29, 0.717) is 38.5 Å². The van der Waals surface area contributed by atoms with E-state index in [1.54, 1.807) is 6.08 Å². The molecule has 0 spiro atoms. The maximum atomic E-state index is 13.9. The number of ketones is 3. The van der Waals surface area contributed by atoms with Gasteiger partial charge >= 0.3 is 21.3 Å². The molecule has 0 bridgehead atoms. The van der Waals surface area contributed by atoms with E-state index in [-0.39, 0.29) is 77.5 Å². The number of rotatable bonds is 10. The van der Waals surface area contributed by atoms with Crippen LogP contribution in [0.2, 0.25) is 0 Å². The van der Waals surface area contributed by atoms with Gasteiger partial charge in [0.05, 0.1) is 6.61 Å².